The fourth-order valence-electron chi connectivity index (χ4n) is 3.30. The second-order valence-corrected chi connectivity index (χ2v) is 7.91. The molecule has 1 fully saturated rings. The molecule has 1 saturated carbocycles. The molecular formula is C21H33ClN4O2. The van der Waals surface area contributed by atoms with Gasteiger partial charge in [-0.15, -0.1) is 0 Å². The number of nitrogens with one attached hydrogen (secondary N) is 3. The molecule has 0 radical (unpaired) electrons. The first-order valence-corrected chi connectivity index (χ1v) is 10.4. The van der Waals surface area contributed by atoms with E-state index in [4.69, 9.17) is 21.3 Å². The molecule has 0 heterocycles. The van der Waals surface area contributed by atoms with Crippen LogP contribution in [-0.4, -0.2) is 45.2 Å². The van der Waals surface area contributed by atoms with Crippen molar-refractivity contribution >= 4 is 29.2 Å². The van der Waals surface area contributed by atoms with Gasteiger partial charge in [-0.1, -0.05) is 24.1 Å². The third-order valence-corrected chi connectivity index (χ3v) is 5.52. The van der Waals surface area contributed by atoms with E-state index in [1.54, 1.807) is 7.11 Å². The number of ether oxygens (including phenoxy) is 1. The average molecular weight is 409 g/mol. The van der Waals surface area contributed by atoms with Crippen LogP contribution in [0.3, 0.4) is 0 Å². The molecule has 28 heavy (non-hydrogen) atoms. The van der Waals surface area contributed by atoms with Crippen LogP contribution in [0.2, 0.25) is 5.02 Å². The van der Waals surface area contributed by atoms with E-state index in [0.29, 0.717) is 23.7 Å². The van der Waals surface area contributed by atoms with Crippen molar-refractivity contribution in [3.63, 3.8) is 0 Å². The van der Waals surface area contributed by atoms with Crippen molar-refractivity contribution in [2.75, 3.05) is 38.7 Å². The summed E-state index contributed by atoms with van der Waals surface area (Å²) in [5.41, 5.74) is 1.98. The number of anilines is 1. The summed E-state index contributed by atoms with van der Waals surface area (Å²) in [5.74, 6) is 0.678. The first-order chi connectivity index (χ1) is 13.5. The molecule has 1 aliphatic carbocycles. The van der Waals surface area contributed by atoms with Gasteiger partial charge in [-0.2, -0.15) is 0 Å². The van der Waals surface area contributed by atoms with E-state index in [0.717, 1.165) is 37.6 Å². The molecule has 0 aliphatic heterocycles. The molecule has 0 spiro atoms. The summed E-state index contributed by atoms with van der Waals surface area (Å²) >= 11 is 6.17. The number of aliphatic imine (C=N–C) groups is 1. The zero-order valence-electron chi connectivity index (χ0n) is 17.2. The molecule has 2 rings (SSSR count). The minimum atomic E-state index is -0.0790. The highest BCUT2D eigenvalue weighted by Crippen LogP contribution is 2.44. The lowest BCUT2D eigenvalue weighted by atomic mass is 9.67. The molecule has 0 atom stereocenters. The number of aryl methyl sites for hydroxylation is 1. The number of hydrogen-bond donors (Lipinski definition) is 3. The summed E-state index contributed by atoms with van der Waals surface area (Å²) in [6.07, 6.45) is 5.07. The van der Waals surface area contributed by atoms with Gasteiger partial charge in [0, 0.05) is 39.8 Å². The normalized spacial score (nSPS) is 15.6. The highest BCUT2D eigenvalue weighted by molar-refractivity contribution is 6.33. The van der Waals surface area contributed by atoms with E-state index in [-0.39, 0.29) is 11.3 Å². The van der Waals surface area contributed by atoms with Gasteiger partial charge in [0.05, 0.1) is 10.7 Å². The van der Waals surface area contributed by atoms with Gasteiger partial charge < -0.3 is 20.7 Å². The molecular weight excluding hydrogens is 376 g/mol. The third-order valence-electron chi connectivity index (χ3n) is 5.21. The lowest BCUT2D eigenvalue weighted by molar-refractivity contribution is -0.116. The van der Waals surface area contributed by atoms with E-state index in [2.05, 4.69) is 16.0 Å². The van der Waals surface area contributed by atoms with Crippen LogP contribution in [0.5, 0.6) is 0 Å². The van der Waals surface area contributed by atoms with E-state index < -0.39 is 0 Å². The Bertz CT molecular complexity index is 674. The quantitative estimate of drug-likeness (QED) is 0.407. The molecule has 1 aliphatic rings. The number of guanidine groups is 1. The van der Waals surface area contributed by atoms with Crippen LogP contribution in [0.15, 0.2) is 23.2 Å². The van der Waals surface area contributed by atoms with Crippen LogP contribution in [0.4, 0.5) is 5.69 Å². The highest BCUT2D eigenvalue weighted by Gasteiger charge is 2.36. The Morgan fingerprint density at radius 2 is 2.11 bits per heavy atom. The predicted octanol–water partition coefficient (Wildman–Crippen LogP) is 3.74. The summed E-state index contributed by atoms with van der Waals surface area (Å²) < 4.78 is 5.25. The number of carbonyl (C=O) groups is 1. The fourth-order valence-corrected chi connectivity index (χ4v) is 3.58. The summed E-state index contributed by atoms with van der Waals surface area (Å²) in [4.78, 5) is 16.9. The topological polar surface area (TPSA) is 74.8 Å². The Labute approximate surface area is 173 Å². The number of methoxy groups -OCH3 is 1. The van der Waals surface area contributed by atoms with Crippen molar-refractivity contribution in [2.45, 2.75) is 46.0 Å². The van der Waals surface area contributed by atoms with Gasteiger partial charge >= 0.3 is 0 Å². The van der Waals surface area contributed by atoms with Gasteiger partial charge in [0.15, 0.2) is 5.96 Å². The largest absolute Gasteiger partial charge is 0.385 e. The lowest BCUT2D eigenvalue weighted by Gasteiger charge is -2.40. The third kappa shape index (κ3) is 6.99. The van der Waals surface area contributed by atoms with Crippen LogP contribution >= 0.6 is 11.6 Å². The second kappa shape index (κ2) is 11.3. The van der Waals surface area contributed by atoms with Crippen molar-refractivity contribution < 1.29 is 9.53 Å². The van der Waals surface area contributed by atoms with Crippen molar-refractivity contribution in [2.24, 2.45) is 10.4 Å². The molecule has 1 aromatic rings. The fraction of sp³-hybridized carbons (Fsp3) is 0.619. The van der Waals surface area contributed by atoms with Crippen LogP contribution in [-0.2, 0) is 9.53 Å². The molecule has 3 N–H and O–H groups in total. The van der Waals surface area contributed by atoms with E-state index in [1.807, 2.05) is 32.0 Å². The molecule has 7 heteroatoms. The van der Waals surface area contributed by atoms with Gasteiger partial charge in [-0.3, -0.25) is 9.79 Å². The number of rotatable bonds is 10. The maximum absolute atomic E-state index is 12.2. The minimum Gasteiger partial charge on any atom is -0.385 e. The van der Waals surface area contributed by atoms with E-state index in [1.165, 1.54) is 19.3 Å². The summed E-state index contributed by atoms with van der Waals surface area (Å²) in [5, 5.41) is 9.91. The first kappa shape index (κ1) is 22.5. The predicted molar refractivity (Wildman–Crippen MR) is 116 cm³/mol. The minimum absolute atomic E-state index is 0.0790. The maximum Gasteiger partial charge on any atom is 0.226 e. The van der Waals surface area contributed by atoms with Crippen molar-refractivity contribution in [3.05, 3.63) is 28.8 Å². The van der Waals surface area contributed by atoms with Crippen molar-refractivity contribution in [1.29, 1.82) is 0 Å². The van der Waals surface area contributed by atoms with Gasteiger partial charge in [0.25, 0.3) is 0 Å². The van der Waals surface area contributed by atoms with Gasteiger partial charge in [0.2, 0.25) is 5.91 Å². The second-order valence-electron chi connectivity index (χ2n) is 7.50. The molecule has 0 saturated heterocycles. The number of nitrogens with zero attached hydrogens (tertiary/aromatic N) is 1. The average Bonchev–Trinajstić information content (AvgIpc) is 2.63. The number of amides is 1. The van der Waals surface area contributed by atoms with E-state index in [9.17, 15) is 4.79 Å². The molecule has 156 valence electrons. The zero-order valence-corrected chi connectivity index (χ0v) is 18.0. The molecule has 0 unspecified atom stereocenters. The van der Waals surface area contributed by atoms with E-state index >= 15 is 0 Å². The Balaban J connectivity index is 1.81. The molecule has 6 nitrogen and oxygen atoms in total. The monoisotopic (exact) mass is 408 g/mol. The van der Waals surface area contributed by atoms with Gasteiger partial charge in [-0.05, 0) is 56.2 Å². The van der Waals surface area contributed by atoms with Crippen molar-refractivity contribution in [1.82, 2.24) is 10.6 Å². The zero-order chi connectivity index (χ0) is 20.4. The standard InChI is InChI=1S/C21H33ClN4O2/c1-4-23-20(25-15-21(9-5-10-21)11-13-28-3)24-12-8-19(27)26-18-7-6-16(2)14-17(18)22/h6-7,14H,4-5,8-13,15H2,1-3H3,(H,26,27)(H2,23,24,25). The van der Waals surface area contributed by atoms with Crippen LogP contribution < -0.4 is 16.0 Å². The summed E-state index contributed by atoms with van der Waals surface area (Å²) in [7, 11) is 1.75. The highest BCUT2D eigenvalue weighted by atomic mass is 35.5. The van der Waals surface area contributed by atoms with Gasteiger partial charge in [-0.25, -0.2) is 0 Å². The molecule has 1 amide bonds. The number of carbonyl (C=O) groups excluding carboxylic acids is 1. The maximum atomic E-state index is 12.2. The van der Waals surface area contributed by atoms with Crippen LogP contribution in [0, 0.1) is 12.3 Å². The molecule has 1 aromatic carbocycles. The van der Waals surface area contributed by atoms with Gasteiger partial charge in [0.1, 0.15) is 0 Å². The molecule has 0 bridgehead atoms. The summed E-state index contributed by atoms with van der Waals surface area (Å²) in [6, 6.07) is 5.59. The Hall–Kier alpha value is -1.79. The number of halogens is 1. The van der Waals surface area contributed by atoms with Crippen molar-refractivity contribution in [3.8, 4) is 0 Å². The lowest BCUT2D eigenvalue weighted by Crippen LogP contribution is -2.41. The Morgan fingerprint density at radius 3 is 2.71 bits per heavy atom. The Kier molecular flexibility index (Phi) is 9.06. The SMILES string of the molecule is CCNC(=NCC1(CCOC)CCC1)NCCC(=O)Nc1ccc(C)cc1Cl. The Morgan fingerprint density at radius 1 is 1.32 bits per heavy atom. The molecule has 0 aromatic heterocycles. The number of hydrogen-bond acceptors (Lipinski definition) is 3. The smallest absolute Gasteiger partial charge is 0.226 e. The van der Waals surface area contributed by atoms with Crippen LogP contribution in [0.25, 0.3) is 0 Å². The van der Waals surface area contributed by atoms with Crippen LogP contribution in [0.1, 0.15) is 44.6 Å². The number of benzene rings is 1. The first-order valence-electron chi connectivity index (χ1n) is 10.0. The summed E-state index contributed by atoms with van der Waals surface area (Å²) in [6.45, 7) is 6.85.